The Kier molecular flexibility index (Phi) is 4.79. The molecular weight excluding hydrogens is 300 g/mol. The lowest BCUT2D eigenvalue weighted by molar-refractivity contribution is 0.0303. The molecule has 1 amide bonds. The second-order valence-electron chi connectivity index (χ2n) is 4.83. The van der Waals surface area contributed by atoms with Crippen LogP contribution in [0, 0.1) is 0 Å². The number of thiophene rings is 1. The van der Waals surface area contributed by atoms with Gasteiger partial charge in [-0.15, -0.1) is 11.3 Å². The molecule has 0 atom stereocenters. The van der Waals surface area contributed by atoms with Crippen molar-refractivity contribution in [1.29, 1.82) is 0 Å². The molecule has 2 rings (SSSR count). The highest BCUT2D eigenvalue weighted by molar-refractivity contribution is 7.91. The fraction of sp³-hybridized carbons (Fsp3) is 0.583. The number of nitrogens with zero attached hydrogens (tertiary/aromatic N) is 1. The highest BCUT2D eigenvalue weighted by Crippen LogP contribution is 2.22. The summed E-state index contributed by atoms with van der Waals surface area (Å²) in [5.41, 5.74) is 0.418. The first-order valence-corrected chi connectivity index (χ1v) is 8.74. The molecule has 0 aromatic carbocycles. The standard InChI is InChI=1S/C12H18N2O4S2/c1-9(2)13-20(16,17)11-7-10(8-19-11)12(15)14-3-5-18-6-4-14/h7-9,13H,3-6H2,1-2H3. The number of amides is 1. The van der Waals surface area contributed by atoms with E-state index in [2.05, 4.69) is 4.72 Å². The van der Waals surface area contributed by atoms with E-state index in [9.17, 15) is 13.2 Å². The van der Waals surface area contributed by atoms with E-state index in [4.69, 9.17) is 4.74 Å². The third-order valence-electron chi connectivity index (χ3n) is 2.78. The summed E-state index contributed by atoms with van der Waals surface area (Å²) < 4.78 is 31.9. The van der Waals surface area contributed by atoms with Crippen LogP contribution < -0.4 is 4.72 Å². The maximum absolute atomic E-state index is 12.2. The summed E-state index contributed by atoms with van der Waals surface area (Å²) in [6, 6.07) is 1.26. The molecule has 2 heterocycles. The molecule has 0 aliphatic carbocycles. The van der Waals surface area contributed by atoms with Crippen molar-refractivity contribution in [3.63, 3.8) is 0 Å². The average Bonchev–Trinajstić information content (AvgIpc) is 2.88. The Bertz CT molecular complexity index is 574. The van der Waals surface area contributed by atoms with Crippen molar-refractivity contribution in [3.8, 4) is 0 Å². The first-order chi connectivity index (χ1) is 9.40. The van der Waals surface area contributed by atoms with Gasteiger partial charge in [0.15, 0.2) is 0 Å². The van der Waals surface area contributed by atoms with Gasteiger partial charge in [0.1, 0.15) is 4.21 Å². The Labute approximate surface area is 122 Å². The molecule has 1 saturated heterocycles. The maximum Gasteiger partial charge on any atom is 0.254 e. The second kappa shape index (κ2) is 6.21. The maximum atomic E-state index is 12.2. The zero-order valence-electron chi connectivity index (χ0n) is 11.5. The zero-order valence-corrected chi connectivity index (χ0v) is 13.1. The number of carbonyl (C=O) groups is 1. The van der Waals surface area contributed by atoms with Crippen LogP contribution in [0.15, 0.2) is 15.7 Å². The topological polar surface area (TPSA) is 75.7 Å². The number of morpholine rings is 1. The molecule has 0 bridgehead atoms. The average molecular weight is 318 g/mol. The molecular formula is C12H18N2O4S2. The van der Waals surface area contributed by atoms with Crippen molar-refractivity contribution in [1.82, 2.24) is 9.62 Å². The molecule has 112 valence electrons. The van der Waals surface area contributed by atoms with Gasteiger partial charge < -0.3 is 9.64 Å². The van der Waals surface area contributed by atoms with Crippen LogP contribution in [0.25, 0.3) is 0 Å². The van der Waals surface area contributed by atoms with Crippen LogP contribution in [-0.4, -0.2) is 51.6 Å². The fourth-order valence-corrected chi connectivity index (χ4v) is 4.31. The molecule has 1 aliphatic heterocycles. The summed E-state index contributed by atoms with van der Waals surface area (Å²) in [4.78, 5) is 13.9. The van der Waals surface area contributed by atoms with Crippen molar-refractivity contribution in [3.05, 3.63) is 17.0 Å². The van der Waals surface area contributed by atoms with Crippen LogP contribution in [-0.2, 0) is 14.8 Å². The largest absolute Gasteiger partial charge is 0.378 e. The molecule has 20 heavy (non-hydrogen) atoms. The SMILES string of the molecule is CC(C)NS(=O)(=O)c1cc(C(=O)N2CCOCC2)cs1. The summed E-state index contributed by atoms with van der Waals surface area (Å²) in [6.45, 7) is 5.64. The molecule has 6 nitrogen and oxygen atoms in total. The van der Waals surface area contributed by atoms with E-state index in [-0.39, 0.29) is 16.2 Å². The van der Waals surface area contributed by atoms with E-state index < -0.39 is 10.0 Å². The Hall–Kier alpha value is -0.960. The van der Waals surface area contributed by atoms with Crippen molar-refractivity contribution in [2.45, 2.75) is 24.1 Å². The van der Waals surface area contributed by atoms with E-state index in [0.29, 0.717) is 31.9 Å². The van der Waals surface area contributed by atoms with Gasteiger partial charge in [-0.1, -0.05) is 0 Å². The lowest BCUT2D eigenvalue weighted by Gasteiger charge is -2.26. The first kappa shape index (κ1) is 15.4. The lowest BCUT2D eigenvalue weighted by Crippen LogP contribution is -2.40. The molecule has 0 spiro atoms. The summed E-state index contributed by atoms with van der Waals surface area (Å²) in [6.07, 6.45) is 0. The molecule has 8 heteroatoms. The molecule has 0 saturated carbocycles. The van der Waals surface area contributed by atoms with Crippen molar-refractivity contribution >= 4 is 27.3 Å². The third kappa shape index (κ3) is 3.57. The Balaban J connectivity index is 2.14. The van der Waals surface area contributed by atoms with Gasteiger partial charge in [0.05, 0.1) is 18.8 Å². The monoisotopic (exact) mass is 318 g/mol. The summed E-state index contributed by atoms with van der Waals surface area (Å²) >= 11 is 1.06. The van der Waals surface area contributed by atoms with Crippen LogP contribution in [0.1, 0.15) is 24.2 Å². The summed E-state index contributed by atoms with van der Waals surface area (Å²) in [5.74, 6) is -0.143. The van der Waals surface area contributed by atoms with Gasteiger partial charge >= 0.3 is 0 Å². The van der Waals surface area contributed by atoms with Crippen LogP contribution in [0.4, 0.5) is 0 Å². The Morgan fingerprint density at radius 1 is 1.40 bits per heavy atom. The number of hydrogen-bond acceptors (Lipinski definition) is 5. The smallest absolute Gasteiger partial charge is 0.254 e. The summed E-state index contributed by atoms with van der Waals surface area (Å²) in [7, 11) is -3.53. The van der Waals surface area contributed by atoms with E-state index in [0.717, 1.165) is 11.3 Å². The molecule has 1 aromatic heterocycles. The van der Waals surface area contributed by atoms with Crippen LogP contribution in [0.3, 0.4) is 0 Å². The number of nitrogens with one attached hydrogen (secondary N) is 1. The number of hydrogen-bond donors (Lipinski definition) is 1. The van der Waals surface area contributed by atoms with Gasteiger partial charge in [-0.2, -0.15) is 0 Å². The minimum absolute atomic E-state index is 0.143. The predicted molar refractivity (Wildman–Crippen MR) is 76.5 cm³/mol. The second-order valence-corrected chi connectivity index (χ2v) is 7.69. The zero-order chi connectivity index (χ0) is 14.8. The number of carbonyl (C=O) groups excluding carboxylic acids is 1. The highest BCUT2D eigenvalue weighted by atomic mass is 32.2. The predicted octanol–water partition coefficient (Wildman–Crippen LogP) is 0.907. The molecule has 1 N–H and O–H groups in total. The van der Waals surface area contributed by atoms with Crippen molar-refractivity contribution in [2.24, 2.45) is 0 Å². The molecule has 0 radical (unpaired) electrons. The molecule has 1 fully saturated rings. The lowest BCUT2D eigenvalue weighted by atomic mass is 10.3. The molecule has 1 aliphatic rings. The summed E-state index contributed by atoms with van der Waals surface area (Å²) in [5, 5.41) is 1.59. The van der Waals surface area contributed by atoms with E-state index in [1.54, 1.807) is 24.1 Å². The van der Waals surface area contributed by atoms with E-state index in [1.165, 1.54) is 6.07 Å². The van der Waals surface area contributed by atoms with Gasteiger partial charge in [-0.05, 0) is 19.9 Å². The van der Waals surface area contributed by atoms with Gasteiger partial charge in [0.25, 0.3) is 5.91 Å². The number of sulfonamides is 1. The third-order valence-corrected chi connectivity index (χ3v) is 5.87. The Morgan fingerprint density at radius 3 is 2.65 bits per heavy atom. The van der Waals surface area contributed by atoms with Gasteiger partial charge in [-0.25, -0.2) is 13.1 Å². The van der Waals surface area contributed by atoms with Crippen LogP contribution in [0.5, 0.6) is 0 Å². The highest BCUT2D eigenvalue weighted by Gasteiger charge is 2.23. The van der Waals surface area contributed by atoms with E-state index in [1.807, 2.05) is 0 Å². The van der Waals surface area contributed by atoms with Gasteiger partial charge in [-0.3, -0.25) is 4.79 Å². The van der Waals surface area contributed by atoms with Crippen molar-refractivity contribution < 1.29 is 17.9 Å². The fourth-order valence-electron chi connectivity index (χ4n) is 1.89. The van der Waals surface area contributed by atoms with E-state index >= 15 is 0 Å². The minimum Gasteiger partial charge on any atom is -0.378 e. The van der Waals surface area contributed by atoms with Crippen molar-refractivity contribution in [2.75, 3.05) is 26.3 Å². The Morgan fingerprint density at radius 2 is 2.05 bits per heavy atom. The number of rotatable bonds is 4. The van der Waals surface area contributed by atoms with Crippen LogP contribution >= 0.6 is 11.3 Å². The van der Waals surface area contributed by atoms with Gasteiger partial charge in [0.2, 0.25) is 10.0 Å². The quantitative estimate of drug-likeness (QED) is 0.895. The van der Waals surface area contributed by atoms with Gasteiger partial charge in [0, 0.05) is 24.5 Å². The minimum atomic E-state index is -3.53. The normalized spacial score (nSPS) is 16.6. The van der Waals surface area contributed by atoms with Crippen LogP contribution in [0.2, 0.25) is 0 Å². The number of ether oxygens (including phenoxy) is 1. The molecule has 0 unspecified atom stereocenters. The molecule has 1 aromatic rings. The first-order valence-electron chi connectivity index (χ1n) is 6.38.